The van der Waals surface area contributed by atoms with E-state index in [1.807, 2.05) is 18.2 Å². The number of carbonyl (C=O) groups excluding carboxylic acids is 2. The molecular formula is C13H15NO3. The Bertz CT molecular complexity index is 456. The van der Waals surface area contributed by atoms with Gasteiger partial charge in [-0.15, -0.1) is 0 Å². The van der Waals surface area contributed by atoms with Crippen LogP contribution in [0.5, 0.6) is 5.75 Å². The maximum absolute atomic E-state index is 11.8. The number of methoxy groups -OCH3 is 1. The first-order chi connectivity index (χ1) is 8.17. The van der Waals surface area contributed by atoms with Crippen molar-refractivity contribution in [2.24, 2.45) is 0 Å². The number of carbonyl (C=O) groups is 2. The molecule has 1 aliphatic heterocycles. The fourth-order valence-corrected chi connectivity index (χ4v) is 2.21. The number of fused-ring (bicyclic) bond motifs is 1. The molecule has 1 aliphatic rings. The van der Waals surface area contributed by atoms with Crippen LogP contribution in [0.3, 0.4) is 0 Å². The molecule has 1 amide bonds. The lowest BCUT2D eigenvalue weighted by atomic mass is 9.87. The minimum absolute atomic E-state index is 0.0266. The summed E-state index contributed by atoms with van der Waals surface area (Å²) in [5, 5.41) is 0. The average Bonchev–Trinajstić information content (AvgIpc) is 2.35. The lowest BCUT2D eigenvalue weighted by Gasteiger charge is -2.31. The molecule has 0 aliphatic carbocycles. The highest BCUT2D eigenvalue weighted by molar-refractivity contribution is 5.97. The minimum atomic E-state index is -0.0266. The number of nitrogens with zero attached hydrogens (tertiary/aromatic N) is 1. The van der Waals surface area contributed by atoms with E-state index in [-0.39, 0.29) is 11.8 Å². The van der Waals surface area contributed by atoms with E-state index >= 15 is 0 Å². The first-order valence-corrected chi connectivity index (χ1v) is 5.55. The van der Waals surface area contributed by atoms with Gasteiger partial charge in [0.2, 0.25) is 5.91 Å². The number of benzene rings is 1. The zero-order chi connectivity index (χ0) is 12.4. The number of amides is 1. The Kier molecular flexibility index (Phi) is 3.13. The third-order valence-electron chi connectivity index (χ3n) is 3.21. The van der Waals surface area contributed by atoms with Gasteiger partial charge >= 0.3 is 0 Å². The molecule has 1 aromatic rings. The quantitative estimate of drug-likeness (QED) is 0.747. The number of aldehydes is 1. The third-order valence-corrected chi connectivity index (χ3v) is 3.21. The summed E-state index contributed by atoms with van der Waals surface area (Å²) in [5.74, 6) is 0.776. The van der Waals surface area contributed by atoms with E-state index in [4.69, 9.17) is 4.74 Å². The highest BCUT2D eigenvalue weighted by Crippen LogP contribution is 2.38. The molecular weight excluding hydrogens is 218 g/mol. The van der Waals surface area contributed by atoms with Gasteiger partial charge in [-0.1, -0.05) is 0 Å². The highest BCUT2D eigenvalue weighted by Gasteiger charge is 2.29. The summed E-state index contributed by atoms with van der Waals surface area (Å²) in [6.45, 7) is 0. The van der Waals surface area contributed by atoms with Gasteiger partial charge in [0.15, 0.2) is 0 Å². The van der Waals surface area contributed by atoms with Crippen LogP contribution in [0.4, 0.5) is 5.69 Å². The Balaban J connectivity index is 2.47. The van der Waals surface area contributed by atoms with Crippen molar-refractivity contribution in [2.75, 3.05) is 19.1 Å². The molecule has 0 fully saturated rings. The van der Waals surface area contributed by atoms with Gasteiger partial charge in [-0.05, 0) is 23.8 Å². The van der Waals surface area contributed by atoms with Gasteiger partial charge < -0.3 is 14.4 Å². The van der Waals surface area contributed by atoms with E-state index in [0.29, 0.717) is 12.8 Å². The molecule has 4 nitrogen and oxygen atoms in total. The first-order valence-electron chi connectivity index (χ1n) is 5.55. The van der Waals surface area contributed by atoms with Crippen LogP contribution in [0.1, 0.15) is 24.3 Å². The lowest BCUT2D eigenvalue weighted by Crippen LogP contribution is -2.33. The molecule has 17 heavy (non-hydrogen) atoms. The number of rotatable bonds is 3. The number of hydrogen-bond donors (Lipinski definition) is 0. The van der Waals surface area contributed by atoms with Crippen LogP contribution in [-0.4, -0.2) is 26.4 Å². The van der Waals surface area contributed by atoms with Crippen LogP contribution >= 0.6 is 0 Å². The first kappa shape index (κ1) is 11.6. The molecule has 0 aromatic heterocycles. The zero-order valence-corrected chi connectivity index (χ0v) is 9.97. The molecule has 0 radical (unpaired) electrons. The summed E-state index contributed by atoms with van der Waals surface area (Å²) in [6, 6.07) is 5.60. The largest absolute Gasteiger partial charge is 0.497 e. The number of anilines is 1. The average molecular weight is 233 g/mol. The monoisotopic (exact) mass is 233 g/mol. The Morgan fingerprint density at radius 1 is 1.53 bits per heavy atom. The number of hydrogen-bond acceptors (Lipinski definition) is 3. The van der Waals surface area contributed by atoms with Gasteiger partial charge in [-0.2, -0.15) is 0 Å². The van der Waals surface area contributed by atoms with Crippen LogP contribution in [-0.2, 0) is 9.59 Å². The normalized spacial score (nSPS) is 18.8. The summed E-state index contributed by atoms with van der Waals surface area (Å²) >= 11 is 0. The summed E-state index contributed by atoms with van der Waals surface area (Å²) in [7, 11) is 3.36. The predicted octanol–water partition coefficient (Wildman–Crippen LogP) is 1.73. The molecule has 1 aromatic carbocycles. The Labute approximate surface area is 100 Å². The van der Waals surface area contributed by atoms with E-state index in [0.717, 1.165) is 23.3 Å². The van der Waals surface area contributed by atoms with Crippen molar-refractivity contribution in [1.29, 1.82) is 0 Å². The standard InChI is InChI=1S/C13H15NO3/c1-14-12-4-3-10(17-2)8-11(12)9(5-6-15)7-13(14)16/h3-4,6,8-9H,5,7H2,1-2H3. The van der Waals surface area contributed by atoms with Gasteiger partial charge in [-0.3, -0.25) is 4.79 Å². The molecule has 0 N–H and O–H groups in total. The van der Waals surface area contributed by atoms with Gasteiger partial charge in [0.1, 0.15) is 12.0 Å². The smallest absolute Gasteiger partial charge is 0.227 e. The molecule has 1 heterocycles. The molecule has 4 heteroatoms. The maximum atomic E-state index is 11.8. The SMILES string of the molecule is COc1ccc2c(c1)C(CC=O)CC(=O)N2C. The van der Waals surface area contributed by atoms with Crippen LogP contribution in [0.25, 0.3) is 0 Å². The van der Waals surface area contributed by atoms with Crippen molar-refractivity contribution in [1.82, 2.24) is 0 Å². The van der Waals surface area contributed by atoms with Gasteiger partial charge in [0.05, 0.1) is 7.11 Å². The van der Waals surface area contributed by atoms with Crippen LogP contribution in [0.2, 0.25) is 0 Å². The predicted molar refractivity (Wildman–Crippen MR) is 64.4 cm³/mol. The molecule has 90 valence electrons. The zero-order valence-electron chi connectivity index (χ0n) is 9.97. The Hall–Kier alpha value is -1.84. The van der Waals surface area contributed by atoms with Gasteiger partial charge in [-0.25, -0.2) is 0 Å². The Morgan fingerprint density at radius 3 is 2.94 bits per heavy atom. The van der Waals surface area contributed by atoms with Crippen LogP contribution in [0.15, 0.2) is 18.2 Å². The highest BCUT2D eigenvalue weighted by atomic mass is 16.5. The maximum Gasteiger partial charge on any atom is 0.227 e. The van der Waals surface area contributed by atoms with E-state index in [1.165, 1.54) is 0 Å². The van der Waals surface area contributed by atoms with Crippen molar-refractivity contribution < 1.29 is 14.3 Å². The number of ether oxygens (including phenoxy) is 1. The molecule has 0 bridgehead atoms. The fourth-order valence-electron chi connectivity index (χ4n) is 2.21. The molecule has 0 saturated heterocycles. The van der Waals surface area contributed by atoms with Crippen LogP contribution in [0, 0.1) is 0 Å². The van der Waals surface area contributed by atoms with Crippen molar-refractivity contribution >= 4 is 17.9 Å². The summed E-state index contributed by atoms with van der Waals surface area (Å²) in [4.78, 5) is 24.1. The van der Waals surface area contributed by atoms with Gasteiger partial charge in [0.25, 0.3) is 0 Å². The molecule has 1 atom stereocenters. The molecule has 0 saturated carbocycles. The topological polar surface area (TPSA) is 46.6 Å². The second-order valence-electron chi connectivity index (χ2n) is 4.18. The van der Waals surface area contributed by atoms with Gasteiger partial charge in [0, 0.05) is 31.5 Å². The molecule has 1 unspecified atom stereocenters. The summed E-state index contributed by atoms with van der Waals surface area (Å²) in [5.41, 5.74) is 1.88. The van der Waals surface area contributed by atoms with E-state index < -0.39 is 0 Å². The summed E-state index contributed by atoms with van der Waals surface area (Å²) < 4.78 is 5.18. The van der Waals surface area contributed by atoms with E-state index in [2.05, 4.69) is 0 Å². The van der Waals surface area contributed by atoms with Crippen molar-refractivity contribution in [3.8, 4) is 5.75 Å². The summed E-state index contributed by atoms with van der Waals surface area (Å²) in [6.07, 6.45) is 1.63. The van der Waals surface area contributed by atoms with Crippen molar-refractivity contribution in [2.45, 2.75) is 18.8 Å². The van der Waals surface area contributed by atoms with Crippen molar-refractivity contribution in [3.63, 3.8) is 0 Å². The fraction of sp³-hybridized carbons (Fsp3) is 0.385. The Morgan fingerprint density at radius 2 is 2.29 bits per heavy atom. The second kappa shape index (κ2) is 4.57. The molecule has 0 spiro atoms. The minimum Gasteiger partial charge on any atom is -0.497 e. The third kappa shape index (κ3) is 2.02. The molecule has 2 rings (SSSR count). The van der Waals surface area contributed by atoms with Crippen molar-refractivity contribution in [3.05, 3.63) is 23.8 Å². The second-order valence-corrected chi connectivity index (χ2v) is 4.18. The van der Waals surface area contributed by atoms with E-state index in [1.54, 1.807) is 19.1 Å². The van der Waals surface area contributed by atoms with Crippen LogP contribution < -0.4 is 9.64 Å². The lowest BCUT2D eigenvalue weighted by molar-refractivity contribution is -0.119. The van der Waals surface area contributed by atoms with E-state index in [9.17, 15) is 9.59 Å².